The van der Waals surface area contributed by atoms with Crippen LogP contribution in [0.4, 0.5) is 0 Å². The fraction of sp³-hybridized carbons (Fsp3) is 0.353. The number of benzene rings is 1. The van der Waals surface area contributed by atoms with Crippen LogP contribution in [-0.2, 0) is 6.54 Å². The van der Waals surface area contributed by atoms with E-state index < -0.39 is 0 Å². The van der Waals surface area contributed by atoms with Crippen molar-refractivity contribution in [3.63, 3.8) is 0 Å². The van der Waals surface area contributed by atoms with E-state index >= 15 is 0 Å². The molecule has 0 radical (unpaired) electrons. The molecule has 0 N–H and O–H groups in total. The molecule has 2 nitrogen and oxygen atoms in total. The number of Topliss-reactive ketones (excluding diaryl/α,β-unsaturated/α-hetero) is 1. The van der Waals surface area contributed by atoms with Gasteiger partial charge < -0.3 is 0 Å². The maximum absolute atomic E-state index is 12.5. The summed E-state index contributed by atoms with van der Waals surface area (Å²) in [7, 11) is 0. The van der Waals surface area contributed by atoms with Crippen LogP contribution >= 0.6 is 22.9 Å². The summed E-state index contributed by atoms with van der Waals surface area (Å²) >= 11 is 7.67. The molecule has 0 unspecified atom stereocenters. The van der Waals surface area contributed by atoms with Gasteiger partial charge in [0.1, 0.15) is 0 Å². The number of hydrogen-bond acceptors (Lipinski definition) is 3. The van der Waals surface area contributed by atoms with Crippen LogP contribution in [0, 0.1) is 5.92 Å². The van der Waals surface area contributed by atoms with Crippen LogP contribution < -0.4 is 0 Å². The van der Waals surface area contributed by atoms with E-state index in [0.29, 0.717) is 5.02 Å². The average Bonchev–Trinajstić information content (AvgIpc) is 3.01. The van der Waals surface area contributed by atoms with Gasteiger partial charge in [0.25, 0.3) is 0 Å². The largest absolute Gasteiger partial charge is 0.298 e. The van der Waals surface area contributed by atoms with Gasteiger partial charge in [-0.3, -0.25) is 9.69 Å². The van der Waals surface area contributed by atoms with Gasteiger partial charge in [-0.05, 0) is 61.6 Å². The molecule has 2 aromatic rings. The van der Waals surface area contributed by atoms with Gasteiger partial charge in [-0.1, -0.05) is 17.7 Å². The molecule has 1 aliphatic heterocycles. The van der Waals surface area contributed by atoms with Crippen LogP contribution in [0.3, 0.4) is 0 Å². The summed E-state index contributed by atoms with van der Waals surface area (Å²) < 4.78 is 0. The highest BCUT2D eigenvalue weighted by Gasteiger charge is 2.25. The Bertz CT molecular complexity index is 586. The third-order valence-electron chi connectivity index (χ3n) is 4.05. The SMILES string of the molecule is O=C(c1ccc(Cl)cc1)C1CCN(Cc2cccs2)CC1. The summed E-state index contributed by atoms with van der Waals surface area (Å²) in [6, 6.07) is 11.5. The number of hydrogen-bond donors (Lipinski definition) is 0. The first-order valence-corrected chi connectivity index (χ1v) is 8.52. The summed E-state index contributed by atoms with van der Waals surface area (Å²) in [6.07, 6.45) is 1.90. The number of halogens is 1. The molecule has 0 aliphatic carbocycles. The van der Waals surface area contributed by atoms with E-state index in [1.54, 1.807) is 23.5 Å². The smallest absolute Gasteiger partial charge is 0.166 e. The summed E-state index contributed by atoms with van der Waals surface area (Å²) in [5.41, 5.74) is 0.788. The van der Waals surface area contributed by atoms with E-state index in [1.165, 1.54) is 4.88 Å². The lowest BCUT2D eigenvalue weighted by atomic mass is 9.89. The maximum Gasteiger partial charge on any atom is 0.166 e. The van der Waals surface area contributed by atoms with Gasteiger partial charge in [0.15, 0.2) is 5.78 Å². The molecule has 1 aliphatic rings. The van der Waals surface area contributed by atoms with Crippen molar-refractivity contribution in [3.05, 3.63) is 57.2 Å². The molecular formula is C17H18ClNOS. The molecule has 1 fully saturated rings. The van der Waals surface area contributed by atoms with Crippen molar-refractivity contribution in [2.75, 3.05) is 13.1 Å². The second kappa shape index (κ2) is 6.73. The van der Waals surface area contributed by atoms with E-state index in [9.17, 15) is 4.79 Å². The summed E-state index contributed by atoms with van der Waals surface area (Å²) in [5.74, 6) is 0.424. The minimum absolute atomic E-state index is 0.158. The molecular weight excluding hydrogens is 302 g/mol. The minimum atomic E-state index is 0.158. The predicted molar refractivity (Wildman–Crippen MR) is 88.1 cm³/mol. The molecule has 0 amide bonds. The van der Waals surface area contributed by atoms with E-state index in [4.69, 9.17) is 11.6 Å². The lowest BCUT2D eigenvalue weighted by Gasteiger charge is -2.30. The number of ketones is 1. The first-order chi connectivity index (χ1) is 10.2. The predicted octanol–water partition coefficient (Wildman–Crippen LogP) is 4.50. The van der Waals surface area contributed by atoms with Crippen molar-refractivity contribution in [3.8, 4) is 0 Å². The monoisotopic (exact) mass is 319 g/mol. The van der Waals surface area contributed by atoms with Crippen molar-refractivity contribution < 1.29 is 4.79 Å². The van der Waals surface area contributed by atoms with Gasteiger partial charge in [-0.2, -0.15) is 0 Å². The van der Waals surface area contributed by atoms with Gasteiger partial charge in [-0.15, -0.1) is 11.3 Å². The number of carbonyl (C=O) groups is 1. The average molecular weight is 320 g/mol. The van der Waals surface area contributed by atoms with Gasteiger partial charge in [0.05, 0.1) is 0 Å². The lowest BCUT2D eigenvalue weighted by molar-refractivity contribution is 0.0835. The molecule has 0 spiro atoms. The van der Waals surface area contributed by atoms with Crippen molar-refractivity contribution in [2.45, 2.75) is 19.4 Å². The lowest BCUT2D eigenvalue weighted by Crippen LogP contribution is -2.35. The van der Waals surface area contributed by atoms with E-state index in [2.05, 4.69) is 22.4 Å². The fourth-order valence-electron chi connectivity index (χ4n) is 2.83. The fourth-order valence-corrected chi connectivity index (χ4v) is 3.70. The van der Waals surface area contributed by atoms with Crippen LogP contribution in [0.15, 0.2) is 41.8 Å². The Morgan fingerprint density at radius 2 is 1.90 bits per heavy atom. The molecule has 2 heterocycles. The number of rotatable bonds is 4. The topological polar surface area (TPSA) is 20.3 Å². The molecule has 1 aromatic heterocycles. The third-order valence-corrected chi connectivity index (χ3v) is 5.16. The molecule has 0 bridgehead atoms. The third kappa shape index (κ3) is 3.73. The Labute approximate surface area is 134 Å². The van der Waals surface area contributed by atoms with Gasteiger partial charge in [0, 0.05) is 27.9 Å². The summed E-state index contributed by atoms with van der Waals surface area (Å²) in [4.78, 5) is 16.3. The Balaban J connectivity index is 1.55. The Morgan fingerprint density at radius 3 is 2.52 bits per heavy atom. The molecule has 4 heteroatoms. The van der Waals surface area contributed by atoms with Crippen LogP contribution in [0.5, 0.6) is 0 Å². The van der Waals surface area contributed by atoms with Crippen molar-refractivity contribution in [1.29, 1.82) is 0 Å². The van der Waals surface area contributed by atoms with Crippen LogP contribution in [-0.4, -0.2) is 23.8 Å². The standard InChI is InChI=1S/C17H18ClNOS/c18-15-5-3-13(4-6-15)17(20)14-7-9-19(10-8-14)12-16-2-1-11-21-16/h1-6,11,14H,7-10,12H2. The van der Waals surface area contributed by atoms with Gasteiger partial charge in [-0.25, -0.2) is 0 Å². The quantitative estimate of drug-likeness (QED) is 0.773. The van der Waals surface area contributed by atoms with Crippen molar-refractivity contribution >= 4 is 28.7 Å². The molecule has 3 rings (SSSR count). The number of likely N-dealkylation sites (tertiary alicyclic amines) is 1. The number of carbonyl (C=O) groups excluding carboxylic acids is 1. The van der Waals surface area contributed by atoms with Crippen LogP contribution in [0.25, 0.3) is 0 Å². The zero-order chi connectivity index (χ0) is 14.7. The highest BCUT2D eigenvalue weighted by Crippen LogP contribution is 2.24. The number of piperidine rings is 1. The molecule has 1 saturated heterocycles. The number of thiophene rings is 1. The summed E-state index contributed by atoms with van der Waals surface area (Å²) in [5, 5.41) is 2.80. The minimum Gasteiger partial charge on any atom is -0.298 e. The Hall–Kier alpha value is -1.16. The highest BCUT2D eigenvalue weighted by molar-refractivity contribution is 7.09. The molecule has 0 saturated carbocycles. The van der Waals surface area contributed by atoms with Crippen LogP contribution in [0.2, 0.25) is 5.02 Å². The first-order valence-electron chi connectivity index (χ1n) is 7.27. The normalized spacial score (nSPS) is 17.0. The maximum atomic E-state index is 12.5. The second-order valence-corrected chi connectivity index (χ2v) is 6.97. The zero-order valence-electron chi connectivity index (χ0n) is 11.8. The molecule has 0 atom stereocenters. The zero-order valence-corrected chi connectivity index (χ0v) is 13.4. The van der Waals surface area contributed by atoms with E-state index in [1.807, 2.05) is 12.1 Å². The Kier molecular flexibility index (Phi) is 4.73. The molecule has 1 aromatic carbocycles. The summed E-state index contributed by atoms with van der Waals surface area (Å²) in [6.45, 7) is 3.02. The van der Waals surface area contributed by atoms with Crippen LogP contribution in [0.1, 0.15) is 28.1 Å². The first kappa shape index (κ1) is 14.8. The Morgan fingerprint density at radius 1 is 1.19 bits per heavy atom. The molecule has 21 heavy (non-hydrogen) atoms. The number of nitrogens with zero attached hydrogens (tertiary/aromatic N) is 1. The second-order valence-electron chi connectivity index (χ2n) is 5.50. The molecule has 110 valence electrons. The van der Waals surface area contributed by atoms with Gasteiger partial charge >= 0.3 is 0 Å². The van der Waals surface area contributed by atoms with E-state index in [-0.39, 0.29) is 11.7 Å². The van der Waals surface area contributed by atoms with E-state index in [0.717, 1.165) is 38.0 Å². The van der Waals surface area contributed by atoms with Crippen molar-refractivity contribution in [2.24, 2.45) is 5.92 Å². The van der Waals surface area contributed by atoms with Gasteiger partial charge in [0.2, 0.25) is 0 Å². The highest BCUT2D eigenvalue weighted by atomic mass is 35.5. The van der Waals surface area contributed by atoms with Crippen molar-refractivity contribution in [1.82, 2.24) is 4.90 Å².